The van der Waals surface area contributed by atoms with Crippen LogP contribution < -0.4 is 15.0 Å². The molecule has 4 amide bonds. The van der Waals surface area contributed by atoms with Crippen molar-refractivity contribution in [1.82, 2.24) is 15.1 Å². The van der Waals surface area contributed by atoms with Gasteiger partial charge < -0.3 is 24.2 Å². The summed E-state index contributed by atoms with van der Waals surface area (Å²) in [5.41, 5.74) is 1.65. The number of hydrogen-bond acceptors (Lipinski definition) is 7. The number of amides is 4. The SMILES string of the molecule is CC(C)(C)OC(=O)N1CCN2c3ccc4c(c3OC[C@H]2C1)CN(C1CCC(=O)NC1=O)C4=O. The Morgan fingerprint density at radius 3 is 2.67 bits per heavy atom. The fourth-order valence-electron chi connectivity index (χ4n) is 4.98. The predicted octanol–water partition coefficient (Wildman–Crippen LogP) is 1.27. The zero-order chi connectivity index (χ0) is 23.5. The minimum Gasteiger partial charge on any atom is -0.489 e. The van der Waals surface area contributed by atoms with E-state index in [9.17, 15) is 19.2 Å². The number of carbonyl (C=O) groups excluding carboxylic acids is 4. The molecular weight excluding hydrogens is 428 g/mol. The van der Waals surface area contributed by atoms with Crippen LogP contribution in [-0.2, 0) is 20.9 Å². The second kappa shape index (κ2) is 7.64. The molecule has 2 saturated heterocycles. The summed E-state index contributed by atoms with van der Waals surface area (Å²) in [5, 5.41) is 2.33. The van der Waals surface area contributed by atoms with E-state index >= 15 is 0 Å². The molecular formula is C23H28N4O6. The van der Waals surface area contributed by atoms with Gasteiger partial charge >= 0.3 is 6.09 Å². The first-order valence-electron chi connectivity index (χ1n) is 11.3. The molecule has 1 aromatic carbocycles. The van der Waals surface area contributed by atoms with Crippen molar-refractivity contribution in [3.05, 3.63) is 23.3 Å². The average molecular weight is 456 g/mol. The normalized spacial score (nSPS) is 24.6. The number of imide groups is 1. The van der Waals surface area contributed by atoms with Crippen LogP contribution in [0, 0.1) is 0 Å². The summed E-state index contributed by atoms with van der Waals surface area (Å²) in [5.74, 6) is -0.293. The Labute approximate surface area is 191 Å². The van der Waals surface area contributed by atoms with Crippen molar-refractivity contribution in [1.29, 1.82) is 0 Å². The van der Waals surface area contributed by atoms with Gasteiger partial charge in [0.1, 0.15) is 24.0 Å². The lowest BCUT2D eigenvalue weighted by atomic mass is 10.0. The quantitative estimate of drug-likeness (QED) is 0.634. The number of piperidine rings is 1. The Bertz CT molecular complexity index is 1050. The number of nitrogens with one attached hydrogen (secondary N) is 1. The van der Waals surface area contributed by atoms with E-state index in [-0.39, 0.29) is 36.9 Å². The third-order valence-electron chi connectivity index (χ3n) is 6.51. The van der Waals surface area contributed by atoms with Crippen molar-refractivity contribution in [2.75, 3.05) is 31.1 Å². The van der Waals surface area contributed by atoms with Crippen LogP contribution in [0.25, 0.3) is 0 Å². The van der Waals surface area contributed by atoms with Crippen LogP contribution in [0.5, 0.6) is 5.75 Å². The highest BCUT2D eigenvalue weighted by atomic mass is 16.6. The third kappa shape index (κ3) is 3.77. The highest BCUT2D eigenvalue weighted by molar-refractivity contribution is 6.06. The van der Waals surface area contributed by atoms with Crippen LogP contribution in [0.1, 0.15) is 49.5 Å². The molecule has 1 aromatic rings. The number of ether oxygens (including phenoxy) is 2. The second-order valence-corrected chi connectivity index (χ2v) is 9.92. The van der Waals surface area contributed by atoms with Gasteiger partial charge in [-0.3, -0.25) is 19.7 Å². The summed E-state index contributed by atoms with van der Waals surface area (Å²) in [6, 6.07) is 3.00. The number of carbonyl (C=O) groups is 4. The number of piperazine rings is 1. The van der Waals surface area contributed by atoms with E-state index in [0.29, 0.717) is 44.0 Å². The molecule has 0 saturated carbocycles. The molecule has 0 aromatic heterocycles. The van der Waals surface area contributed by atoms with Gasteiger partial charge in [-0.2, -0.15) is 0 Å². The summed E-state index contributed by atoms with van der Waals surface area (Å²) in [7, 11) is 0. The fourth-order valence-corrected chi connectivity index (χ4v) is 4.98. The van der Waals surface area contributed by atoms with Crippen LogP contribution in [0.15, 0.2) is 12.1 Å². The van der Waals surface area contributed by atoms with Gasteiger partial charge in [-0.15, -0.1) is 0 Å². The molecule has 4 aliphatic heterocycles. The van der Waals surface area contributed by atoms with Crippen LogP contribution in [-0.4, -0.2) is 77.5 Å². The largest absolute Gasteiger partial charge is 0.489 e. The number of benzene rings is 1. The topological polar surface area (TPSA) is 108 Å². The molecule has 5 rings (SSSR count). The Morgan fingerprint density at radius 1 is 1.15 bits per heavy atom. The maximum atomic E-state index is 13.1. The summed E-state index contributed by atoms with van der Waals surface area (Å²) in [6.45, 7) is 7.85. The second-order valence-electron chi connectivity index (χ2n) is 9.92. The van der Waals surface area contributed by atoms with Crippen molar-refractivity contribution in [3.8, 4) is 5.75 Å². The summed E-state index contributed by atoms with van der Waals surface area (Å²) < 4.78 is 11.7. The Kier molecular flexibility index (Phi) is 4.98. The third-order valence-corrected chi connectivity index (χ3v) is 6.51. The molecule has 0 radical (unpaired) electrons. The van der Waals surface area contributed by atoms with Crippen molar-refractivity contribution < 1.29 is 28.7 Å². The van der Waals surface area contributed by atoms with Gasteiger partial charge in [-0.25, -0.2) is 4.79 Å². The lowest BCUT2D eigenvalue weighted by Gasteiger charge is -2.45. The minimum atomic E-state index is -0.660. The number of rotatable bonds is 1. The van der Waals surface area contributed by atoms with E-state index in [1.54, 1.807) is 11.0 Å². The number of nitrogens with zero attached hydrogens (tertiary/aromatic N) is 3. The maximum Gasteiger partial charge on any atom is 0.410 e. The molecule has 2 atom stereocenters. The Morgan fingerprint density at radius 2 is 1.94 bits per heavy atom. The number of fused-ring (bicyclic) bond motifs is 5. The van der Waals surface area contributed by atoms with Crippen LogP contribution in [0.2, 0.25) is 0 Å². The molecule has 1 unspecified atom stereocenters. The van der Waals surface area contributed by atoms with E-state index in [2.05, 4.69) is 10.2 Å². The highest BCUT2D eigenvalue weighted by Crippen LogP contribution is 2.43. The Balaban J connectivity index is 1.34. The monoisotopic (exact) mass is 456 g/mol. The van der Waals surface area contributed by atoms with E-state index in [1.807, 2.05) is 26.8 Å². The van der Waals surface area contributed by atoms with Gasteiger partial charge in [0.25, 0.3) is 5.91 Å². The Hall–Kier alpha value is -3.30. The van der Waals surface area contributed by atoms with Gasteiger partial charge in [-0.05, 0) is 39.3 Å². The lowest BCUT2D eigenvalue weighted by molar-refractivity contribution is -0.136. The van der Waals surface area contributed by atoms with Gasteiger partial charge in [0.05, 0.1) is 18.3 Å². The van der Waals surface area contributed by atoms with Crippen LogP contribution in [0.3, 0.4) is 0 Å². The molecule has 0 spiro atoms. The predicted molar refractivity (Wildman–Crippen MR) is 117 cm³/mol. The molecule has 176 valence electrons. The molecule has 4 aliphatic rings. The van der Waals surface area contributed by atoms with Crippen molar-refractivity contribution in [2.45, 2.75) is 57.8 Å². The van der Waals surface area contributed by atoms with E-state index in [0.717, 1.165) is 11.3 Å². The van der Waals surface area contributed by atoms with Gasteiger partial charge in [-0.1, -0.05) is 0 Å². The first kappa shape index (κ1) is 21.5. The van der Waals surface area contributed by atoms with Crippen molar-refractivity contribution in [2.24, 2.45) is 0 Å². The smallest absolute Gasteiger partial charge is 0.410 e. The maximum absolute atomic E-state index is 13.1. The van der Waals surface area contributed by atoms with Crippen LogP contribution >= 0.6 is 0 Å². The summed E-state index contributed by atoms with van der Waals surface area (Å²) in [6.07, 6.45) is 0.212. The fraction of sp³-hybridized carbons (Fsp3) is 0.565. The summed E-state index contributed by atoms with van der Waals surface area (Å²) in [4.78, 5) is 54.9. The molecule has 0 bridgehead atoms. The molecule has 33 heavy (non-hydrogen) atoms. The van der Waals surface area contributed by atoms with E-state index in [4.69, 9.17) is 9.47 Å². The highest BCUT2D eigenvalue weighted by Gasteiger charge is 2.43. The van der Waals surface area contributed by atoms with Gasteiger partial charge in [0.15, 0.2) is 0 Å². The number of hydrogen-bond donors (Lipinski definition) is 1. The van der Waals surface area contributed by atoms with Gasteiger partial charge in [0, 0.05) is 37.2 Å². The first-order valence-corrected chi connectivity index (χ1v) is 11.3. The molecule has 2 fully saturated rings. The average Bonchev–Trinajstić information content (AvgIpc) is 3.08. The molecule has 10 heteroatoms. The van der Waals surface area contributed by atoms with E-state index in [1.165, 1.54) is 4.90 Å². The van der Waals surface area contributed by atoms with Gasteiger partial charge in [0.2, 0.25) is 11.8 Å². The molecule has 1 N–H and O–H groups in total. The van der Waals surface area contributed by atoms with E-state index < -0.39 is 17.6 Å². The molecule has 4 heterocycles. The van der Waals surface area contributed by atoms with Crippen molar-refractivity contribution >= 4 is 29.5 Å². The van der Waals surface area contributed by atoms with Crippen molar-refractivity contribution in [3.63, 3.8) is 0 Å². The zero-order valence-electron chi connectivity index (χ0n) is 19.1. The molecule has 10 nitrogen and oxygen atoms in total. The minimum absolute atomic E-state index is 0.0137. The first-order chi connectivity index (χ1) is 15.6. The molecule has 0 aliphatic carbocycles. The number of anilines is 1. The lowest BCUT2D eigenvalue weighted by Crippen LogP contribution is -2.59. The zero-order valence-corrected chi connectivity index (χ0v) is 19.1. The summed E-state index contributed by atoms with van der Waals surface area (Å²) >= 11 is 0. The van der Waals surface area contributed by atoms with Crippen LogP contribution in [0.4, 0.5) is 10.5 Å². The standard InChI is InChI=1S/C23H28N4O6/c1-23(2,3)33-22(31)25-8-9-26-13(10-25)12-32-19-15-11-27(17-6-7-18(28)24-20(17)29)21(30)14(15)4-5-16(19)26/h4-5,13,17H,6-12H2,1-3H3,(H,24,28,29)/t13-,17?/m1/s1.